The van der Waals surface area contributed by atoms with Gasteiger partial charge in [0.15, 0.2) is 6.61 Å². The molecule has 0 unspecified atom stereocenters. The lowest BCUT2D eigenvalue weighted by Gasteiger charge is -2.10. The summed E-state index contributed by atoms with van der Waals surface area (Å²) in [6.45, 7) is 3.02. The van der Waals surface area contributed by atoms with E-state index < -0.39 is 6.09 Å². The van der Waals surface area contributed by atoms with Crippen molar-refractivity contribution in [3.05, 3.63) is 48.5 Å². The summed E-state index contributed by atoms with van der Waals surface area (Å²) in [7, 11) is 1.52. The van der Waals surface area contributed by atoms with E-state index in [1.165, 1.54) is 7.11 Å². The number of hydrogen-bond acceptors (Lipinski definition) is 6. The van der Waals surface area contributed by atoms with Crippen molar-refractivity contribution in [1.29, 1.82) is 0 Å². The van der Waals surface area contributed by atoms with Crippen molar-refractivity contribution in [3.63, 3.8) is 0 Å². The summed E-state index contributed by atoms with van der Waals surface area (Å²) in [5.41, 5.74) is 1.02. The van der Waals surface area contributed by atoms with Gasteiger partial charge in [-0.25, -0.2) is 4.79 Å². The molecule has 0 saturated carbocycles. The van der Waals surface area contributed by atoms with Crippen LogP contribution in [0.25, 0.3) is 0 Å². The van der Waals surface area contributed by atoms with Gasteiger partial charge < -0.3 is 24.3 Å². The molecule has 0 aromatic heterocycles. The molecule has 0 aliphatic rings. The van der Waals surface area contributed by atoms with Gasteiger partial charge in [0.25, 0.3) is 5.91 Å². The number of carbonyl (C=O) groups is 2. The first-order chi connectivity index (χ1) is 14.1. The van der Waals surface area contributed by atoms with Gasteiger partial charge >= 0.3 is 6.09 Å². The number of methoxy groups -OCH3 is 1. The summed E-state index contributed by atoms with van der Waals surface area (Å²) in [4.78, 5) is 23.8. The standard InChI is InChI=1S/C21H26N2O6/c1-3-11-27-18-7-9-19(10-8-18)29-15-20(24)22-16-5-4-6-17(14-16)23-21(25)28-13-12-26-2/h4-10,14H,3,11-13,15H2,1-2H3,(H,22,24)(H,23,25). The highest BCUT2D eigenvalue weighted by Gasteiger charge is 2.07. The fourth-order valence-corrected chi connectivity index (χ4v) is 2.24. The molecule has 2 aromatic rings. The fraction of sp³-hybridized carbons (Fsp3) is 0.333. The molecule has 0 bridgehead atoms. The van der Waals surface area contributed by atoms with Gasteiger partial charge in [0.05, 0.1) is 13.2 Å². The Kier molecular flexibility index (Phi) is 9.31. The van der Waals surface area contributed by atoms with Gasteiger partial charge in [0.2, 0.25) is 0 Å². The molecule has 2 aromatic carbocycles. The van der Waals surface area contributed by atoms with Crippen LogP contribution < -0.4 is 20.1 Å². The molecule has 0 radical (unpaired) electrons. The topological polar surface area (TPSA) is 95.1 Å². The molecule has 8 nitrogen and oxygen atoms in total. The number of carbonyl (C=O) groups excluding carboxylic acids is 2. The van der Waals surface area contributed by atoms with E-state index >= 15 is 0 Å². The third kappa shape index (κ3) is 8.52. The van der Waals surface area contributed by atoms with Crippen LogP contribution in [0.3, 0.4) is 0 Å². The van der Waals surface area contributed by atoms with E-state index in [2.05, 4.69) is 10.6 Å². The monoisotopic (exact) mass is 402 g/mol. The molecule has 0 fully saturated rings. The zero-order chi connectivity index (χ0) is 20.9. The number of hydrogen-bond donors (Lipinski definition) is 2. The van der Waals surface area contributed by atoms with E-state index in [0.29, 0.717) is 30.3 Å². The highest BCUT2D eigenvalue weighted by atomic mass is 16.6. The van der Waals surface area contributed by atoms with Crippen LogP contribution in [-0.2, 0) is 14.3 Å². The van der Waals surface area contributed by atoms with E-state index in [9.17, 15) is 9.59 Å². The van der Waals surface area contributed by atoms with Crippen LogP contribution in [0.2, 0.25) is 0 Å². The second-order valence-corrected chi connectivity index (χ2v) is 5.99. The van der Waals surface area contributed by atoms with Gasteiger partial charge in [-0.3, -0.25) is 10.1 Å². The summed E-state index contributed by atoms with van der Waals surface area (Å²) in [5, 5.41) is 5.30. The Labute approximate surface area is 170 Å². The number of nitrogens with one attached hydrogen (secondary N) is 2. The first-order valence-electron chi connectivity index (χ1n) is 9.29. The Balaban J connectivity index is 1.79. The third-order valence-electron chi connectivity index (χ3n) is 3.58. The molecule has 2 rings (SSSR count). The van der Waals surface area contributed by atoms with E-state index in [1.807, 2.05) is 6.92 Å². The molecule has 0 spiro atoms. The van der Waals surface area contributed by atoms with Crippen LogP contribution in [-0.4, -0.2) is 45.5 Å². The van der Waals surface area contributed by atoms with Crippen molar-refractivity contribution < 1.29 is 28.5 Å². The number of amides is 2. The number of rotatable bonds is 11. The second kappa shape index (κ2) is 12.2. The lowest BCUT2D eigenvalue weighted by Crippen LogP contribution is -2.20. The summed E-state index contributed by atoms with van der Waals surface area (Å²) < 4.78 is 20.7. The van der Waals surface area contributed by atoms with Crippen LogP contribution in [0.15, 0.2) is 48.5 Å². The molecule has 2 amide bonds. The predicted octanol–water partition coefficient (Wildman–Crippen LogP) is 3.69. The summed E-state index contributed by atoms with van der Waals surface area (Å²) in [6, 6.07) is 13.8. The SMILES string of the molecule is CCCOc1ccc(OCC(=O)Nc2cccc(NC(=O)OCCOC)c2)cc1. The Morgan fingerprint density at radius 3 is 2.17 bits per heavy atom. The normalized spacial score (nSPS) is 10.1. The molecule has 0 saturated heterocycles. The van der Waals surface area contributed by atoms with Crippen LogP contribution >= 0.6 is 0 Å². The first kappa shape index (κ1) is 22.0. The molecule has 0 aliphatic carbocycles. The van der Waals surface area contributed by atoms with Crippen LogP contribution in [0.1, 0.15) is 13.3 Å². The van der Waals surface area contributed by atoms with E-state index in [0.717, 1.165) is 12.2 Å². The van der Waals surface area contributed by atoms with Crippen molar-refractivity contribution in [2.45, 2.75) is 13.3 Å². The minimum absolute atomic E-state index is 0.147. The van der Waals surface area contributed by atoms with Gasteiger partial charge in [-0.15, -0.1) is 0 Å². The Bertz CT molecular complexity index is 779. The van der Waals surface area contributed by atoms with Crippen molar-refractivity contribution in [3.8, 4) is 11.5 Å². The maximum absolute atomic E-state index is 12.1. The largest absolute Gasteiger partial charge is 0.494 e. The number of anilines is 2. The molecule has 2 N–H and O–H groups in total. The summed E-state index contributed by atoms with van der Waals surface area (Å²) in [5.74, 6) is 1.00. The zero-order valence-corrected chi connectivity index (χ0v) is 16.6. The number of ether oxygens (including phenoxy) is 4. The summed E-state index contributed by atoms with van der Waals surface area (Å²) in [6.07, 6.45) is 0.338. The smallest absolute Gasteiger partial charge is 0.411 e. The highest BCUT2D eigenvalue weighted by molar-refractivity contribution is 5.93. The van der Waals surface area contributed by atoms with Crippen molar-refractivity contribution in [2.75, 3.05) is 44.2 Å². The Hall–Kier alpha value is -3.26. The molecule has 8 heteroatoms. The second-order valence-electron chi connectivity index (χ2n) is 5.99. The van der Waals surface area contributed by atoms with Crippen molar-refractivity contribution in [2.24, 2.45) is 0 Å². The van der Waals surface area contributed by atoms with E-state index in [4.69, 9.17) is 18.9 Å². The molecule has 0 atom stereocenters. The van der Waals surface area contributed by atoms with Gasteiger partial charge in [0.1, 0.15) is 18.1 Å². The van der Waals surface area contributed by atoms with Gasteiger partial charge in [-0.2, -0.15) is 0 Å². The Morgan fingerprint density at radius 2 is 1.52 bits per heavy atom. The lowest BCUT2D eigenvalue weighted by molar-refractivity contribution is -0.118. The highest BCUT2D eigenvalue weighted by Crippen LogP contribution is 2.18. The van der Waals surface area contributed by atoms with Gasteiger partial charge in [0, 0.05) is 18.5 Å². The van der Waals surface area contributed by atoms with E-state index in [1.54, 1.807) is 48.5 Å². The quantitative estimate of drug-likeness (QED) is 0.557. The molecular formula is C21H26N2O6. The van der Waals surface area contributed by atoms with Crippen LogP contribution in [0.4, 0.5) is 16.2 Å². The predicted molar refractivity (Wildman–Crippen MR) is 110 cm³/mol. The number of benzene rings is 2. The minimum Gasteiger partial charge on any atom is -0.494 e. The van der Waals surface area contributed by atoms with E-state index in [-0.39, 0.29) is 19.1 Å². The maximum atomic E-state index is 12.1. The van der Waals surface area contributed by atoms with Gasteiger partial charge in [-0.05, 0) is 48.9 Å². The summed E-state index contributed by atoms with van der Waals surface area (Å²) >= 11 is 0. The molecule has 29 heavy (non-hydrogen) atoms. The molecule has 156 valence electrons. The molecular weight excluding hydrogens is 376 g/mol. The molecule has 0 aliphatic heterocycles. The fourth-order valence-electron chi connectivity index (χ4n) is 2.24. The van der Waals surface area contributed by atoms with Crippen molar-refractivity contribution in [1.82, 2.24) is 0 Å². The maximum Gasteiger partial charge on any atom is 0.411 e. The minimum atomic E-state index is -0.597. The van der Waals surface area contributed by atoms with Crippen molar-refractivity contribution >= 4 is 23.4 Å². The van der Waals surface area contributed by atoms with Crippen LogP contribution in [0.5, 0.6) is 11.5 Å². The first-order valence-corrected chi connectivity index (χ1v) is 9.29. The lowest BCUT2D eigenvalue weighted by atomic mass is 10.2. The third-order valence-corrected chi connectivity index (χ3v) is 3.58. The zero-order valence-electron chi connectivity index (χ0n) is 16.6. The average Bonchev–Trinajstić information content (AvgIpc) is 2.72. The Morgan fingerprint density at radius 1 is 0.862 bits per heavy atom. The average molecular weight is 402 g/mol. The molecule has 0 heterocycles. The van der Waals surface area contributed by atoms with Crippen LogP contribution in [0, 0.1) is 0 Å². The van der Waals surface area contributed by atoms with Gasteiger partial charge in [-0.1, -0.05) is 13.0 Å².